The predicted molar refractivity (Wildman–Crippen MR) is 73.7 cm³/mol. The molecule has 1 aliphatic rings. The van der Waals surface area contributed by atoms with E-state index in [1.165, 1.54) is 4.90 Å². The Hall–Kier alpha value is -1.88. The van der Waals surface area contributed by atoms with Crippen molar-refractivity contribution < 1.29 is 19.4 Å². The molecule has 1 aromatic rings. The monoisotopic (exact) mass is 277 g/mol. The number of aliphatic carboxylic acids is 1. The summed E-state index contributed by atoms with van der Waals surface area (Å²) in [6, 6.07) is 7.14. The van der Waals surface area contributed by atoms with Crippen LogP contribution in [0.3, 0.4) is 0 Å². The van der Waals surface area contributed by atoms with Crippen LogP contribution in [0.5, 0.6) is 0 Å². The van der Waals surface area contributed by atoms with Gasteiger partial charge in [-0.3, -0.25) is 4.79 Å². The number of hydrogen-bond acceptors (Lipinski definition) is 3. The summed E-state index contributed by atoms with van der Waals surface area (Å²) < 4.78 is 5.22. The van der Waals surface area contributed by atoms with Crippen LogP contribution >= 0.6 is 0 Å². The van der Waals surface area contributed by atoms with Crippen LogP contribution in [-0.2, 0) is 9.53 Å². The molecule has 1 aliphatic heterocycles. The van der Waals surface area contributed by atoms with Crippen LogP contribution in [0.4, 0.5) is 0 Å². The number of hydrogen-bond donors (Lipinski definition) is 1. The first-order chi connectivity index (χ1) is 9.47. The molecule has 108 valence electrons. The minimum Gasteiger partial charge on any atom is -0.479 e. The van der Waals surface area contributed by atoms with Crippen LogP contribution in [0, 0.1) is 6.92 Å². The Labute approximate surface area is 118 Å². The van der Waals surface area contributed by atoms with Crippen LogP contribution in [0.15, 0.2) is 24.3 Å². The highest BCUT2D eigenvalue weighted by molar-refractivity contribution is 5.97. The maximum absolute atomic E-state index is 12.5. The zero-order valence-corrected chi connectivity index (χ0v) is 11.8. The lowest BCUT2D eigenvalue weighted by Crippen LogP contribution is -2.58. The van der Waals surface area contributed by atoms with Crippen LogP contribution in [0.1, 0.15) is 28.8 Å². The van der Waals surface area contributed by atoms with Gasteiger partial charge in [-0.15, -0.1) is 0 Å². The third kappa shape index (κ3) is 2.54. The van der Waals surface area contributed by atoms with Crippen LogP contribution in [-0.4, -0.2) is 47.7 Å². The fraction of sp³-hybridized carbons (Fsp3) is 0.467. The second-order valence-electron chi connectivity index (χ2n) is 5.18. The predicted octanol–water partition coefficient (Wildman–Crippen LogP) is 1.70. The number of ether oxygens (including phenoxy) is 1. The SMILES string of the molecule is Cc1ccc(C(=O)N(C)C2(C(=O)O)CCOCC2)cc1. The second kappa shape index (κ2) is 5.63. The van der Waals surface area contributed by atoms with E-state index < -0.39 is 11.5 Å². The first-order valence-electron chi connectivity index (χ1n) is 6.63. The van der Waals surface area contributed by atoms with E-state index in [4.69, 9.17) is 4.74 Å². The van der Waals surface area contributed by atoms with Crippen molar-refractivity contribution in [2.75, 3.05) is 20.3 Å². The van der Waals surface area contributed by atoms with Gasteiger partial charge in [0, 0.05) is 38.7 Å². The summed E-state index contributed by atoms with van der Waals surface area (Å²) in [5, 5.41) is 9.55. The molecule has 2 rings (SSSR count). The molecule has 5 heteroatoms. The number of amides is 1. The van der Waals surface area contributed by atoms with Crippen LogP contribution in [0.2, 0.25) is 0 Å². The van der Waals surface area contributed by atoms with Crippen molar-refractivity contribution in [2.45, 2.75) is 25.3 Å². The van der Waals surface area contributed by atoms with Gasteiger partial charge < -0.3 is 14.7 Å². The Morgan fingerprint density at radius 1 is 1.20 bits per heavy atom. The largest absolute Gasteiger partial charge is 0.479 e. The minimum absolute atomic E-state index is 0.269. The highest BCUT2D eigenvalue weighted by Gasteiger charge is 2.46. The van der Waals surface area contributed by atoms with Crippen LogP contribution in [0.25, 0.3) is 0 Å². The molecule has 0 aromatic heterocycles. The molecule has 5 nitrogen and oxygen atoms in total. The molecular formula is C15H19NO4. The molecule has 0 saturated carbocycles. The van der Waals surface area contributed by atoms with Crippen molar-refractivity contribution >= 4 is 11.9 Å². The number of benzene rings is 1. The molecule has 0 unspecified atom stereocenters. The molecule has 0 spiro atoms. The van der Waals surface area contributed by atoms with Crippen molar-refractivity contribution in [3.63, 3.8) is 0 Å². The third-order valence-corrected chi connectivity index (χ3v) is 3.96. The zero-order valence-electron chi connectivity index (χ0n) is 11.8. The van der Waals surface area contributed by atoms with E-state index in [0.717, 1.165) is 5.56 Å². The van der Waals surface area contributed by atoms with Crippen molar-refractivity contribution in [1.82, 2.24) is 4.90 Å². The highest BCUT2D eigenvalue weighted by Crippen LogP contribution is 2.28. The molecular weight excluding hydrogens is 258 g/mol. The normalized spacial score (nSPS) is 17.5. The summed E-state index contributed by atoms with van der Waals surface area (Å²) >= 11 is 0. The number of aryl methyl sites for hydroxylation is 1. The van der Waals surface area contributed by atoms with E-state index in [1.807, 2.05) is 19.1 Å². The van der Waals surface area contributed by atoms with Gasteiger partial charge in [0.05, 0.1) is 0 Å². The maximum Gasteiger partial charge on any atom is 0.329 e. The maximum atomic E-state index is 12.5. The Morgan fingerprint density at radius 2 is 1.75 bits per heavy atom. The summed E-state index contributed by atoms with van der Waals surface area (Å²) in [4.78, 5) is 25.5. The summed E-state index contributed by atoms with van der Waals surface area (Å²) in [5.74, 6) is -1.24. The molecule has 0 bridgehead atoms. The molecule has 1 N–H and O–H groups in total. The summed E-state index contributed by atoms with van der Waals surface area (Å²) in [6.07, 6.45) is 0.632. The molecule has 20 heavy (non-hydrogen) atoms. The Kier molecular flexibility index (Phi) is 4.09. The molecule has 0 radical (unpaired) electrons. The van der Waals surface area contributed by atoms with E-state index in [-0.39, 0.29) is 5.91 Å². The minimum atomic E-state index is -1.17. The van der Waals surface area contributed by atoms with Crippen LogP contribution < -0.4 is 0 Å². The number of rotatable bonds is 3. The van der Waals surface area contributed by atoms with E-state index in [1.54, 1.807) is 19.2 Å². The average Bonchev–Trinajstić information content (AvgIpc) is 2.47. The second-order valence-corrected chi connectivity index (χ2v) is 5.18. The van der Waals surface area contributed by atoms with Crippen molar-refractivity contribution in [1.29, 1.82) is 0 Å². The van der Waals surface area contributed by atoms with E-state index in [2.05, 4.69) is 0 Å². The number of likely N-dealkylation sites (N-methyl/N-ethyl adjacent to an activating group) is 1. The standard InChI is InChI=1S/C15H19NO4/c1-11-3-5-12(6-4-11)13(17)16(2)15(14(18)19)7-9-20-10-8-15/h3-6H,7-10H2,1-2H3,(H,18,19). The zero-order chi connectivity index (χ0) is 14.8. The molecule has 1 fully saturated rings. The lowest BCUT2D eigenvalue weighted by molar-refractivity contribution is -0.155. The molecule has 1 saturated heterocycles. The highest BCUT2D eigenvalue weighted by atomic mass is 16.5. The quantitative estimate of drug-likeness (QED) is 0.913. The first-order valence-corrected chi connectivity index (χ1v) is 6.63. The number of carbonyl (C=O) groups excluding carboxylic acids is 1. The van der Waals surface area contributed by atoms with Gasteiger partial charge in [0.15, 0.2) is 0 Å². The molecule has 0 atom stereocenters. The van der Waals surface area contributed by atoms with Crippen molar-refractivity contribution in [2.24, 2.45) is 0 Å². The molecule has 1 heterocycles. The smallest absolute Gasteiger partial charge is 0.329 e. The fourth-order valence-corrected chi connectivity index (χ4v) is 2.49. The van der Waals surface area contributed by atoms with Gasteiger partial charge in [-0.1, -0.05) is 17.7 Å². The molecule has 1 aromatic carbocycles. The topological polar surface area (TPSA) is 66.8 Å². The van der Waals surface area contributed by atoms with E-state index in [9.17, 15) is 14.7 Å². The molecule has 0 aliphatic carbocycles. The first kappa shape index (κ1) is 14.5. The Bertz CT molecular complexity index is 503. The van der Waals surface area contributed by atoms with Gasteiger partial charge in [0.1, 0.15) is 5.54 Å². The van der Waals surface area contributed by atoms with E-state index >= 15 is 0 Å². The van der Waals surface area contributed by atoms with Gasteiger partial charge in [-0.05, 0) is 19.1 Å². The lowest BCUT2D eigenvalue weighted by Gasteiger charge is -2.40. The number of nitrogens with zero attached hydrogens (tertiary/aromatic N) is 1. The van der Waals surface area contributed by atoms with Gasteiger partial charge >= 0.3 is 5.97 Å². The van der Waals surface area contributed by atoms with E-state index in [0.29, 0.717) is 31.6 Å². The third-order valence-electron chi connectivity index (χ3n) is 3.96. The lowest BCUT2D eigenvalue weighted by atomic mass is 9.88. The molecule has 1 amide bonds. The summed E-state index contributed by atoms with van der Waals surface area (Å²) in [6.45, 7) is 2.66. The van der Waals surface area contributed by atoms with Gasteiger partial charge in [0.2, 0.25) is 0 Å². The Balaban J connectivity index is 2.27. The Morgan fingerprint density at radius 3 is 2.25 bits per heavy atom. The number of carboxylic acid groups (broad SMARTS) is 1. The van der Waals surface area contributed by atoms with Gasteiger partial charge in [-0.25, -0.2) is 4.79 Å². The fourth-order valence-electron chi connectivity index (χ4n) is 2.49. The average molecular weight is 277 g/mol. The van der Waals surface area contributed by atoms with Crippen molar-refractivity contribution in [3.8, 4) is 0 Å². The van der Waals surface area contributed by atoms with Crippen molar-refractivity contribution in [3.05, 3.63) is 35.4 Å². The number of carboxylic acids is 1. The van der Waals surface area contributed by atoms with Gasteiger partial charge in [-0.2, -0.15) is 0 Å². The summed E-state index contributed by atoms with van der Waals surface area (Å²) in [5.41, 5.74) is 0.397. The summed E-state index contributed by atoms with van der Waals surface area (Å²) in [7, 11) is 1.56. The van der Waals surface area contributed by atoms with Gasteiger partial charge in [0.25, 0.3) is 5.91 Å². The number of carbonyl (C=O) groups is 2.